The minimum atomic E-state index is -0.796. The average Bonchev–Trinajstić information content (AvgIpc) is 3.44. The minimum Gasteiger partial charge on any atom is -0.454 e. The molecule has 0 bridgehead atoms. The van der Waals surface area contributed by atoms with Crippen LogP contribution in [0.2, 0.25) is 0 Å². The first-order valence-electron chi connectivity index (χ1n) is 9.39. The number of carbonyl (C=O) groups excluding carboxylic acids is 3. The van der Waals surface area contributed by atoms with Crippen molar-refractivity contribution >= 4 is 17.7 Å². The molecule has 10 heteroatoms. The first-order chi connectivity index (χ1) is 14.6. The number of fused-ring (bicyclic) bond motifs is 1. The Kier molecular flexibility index (Phi) is 5.75. The summed E-state index contributed by atoms with van der Waals surface area (Å²) in [6.07, 6.45) is 2.54. The fourth-order valence-electron chi connectivity index (χ4n) is 3.14. The normalized spacial score (nSPS) is 16.9. The second kappa shape index (κ2) is 8.78. The van der Waals surface area contributed by atoms with Crippen LogP contribution in [0.5, 0.6) is 11.5 Å². The monoisotopic (exact) mass is 412 g/mol. The highest BCUT2D eigenvalue weighted by molar-refractivity contribution is 6.35. The molecule has 3 heterocycles. The highest BCUT2D eigenvalue weighted by Gasteiger charge is 2.32. The molecule has 3 amide bonds. The molecule has 1 aromatic heterocycles. The average molecular weight is 412 g/mol. The lowest BCUT2D eigenvalue weighted by molar-refractivity contribution is -0.139. The van der Waals surface area contributed by atoms with E-state index in [0.717, 1.165) is 5.56 Å². The lowest BCUT2D eigenvalue weighted by Gasteiger charge is -2.23. The number of rotatable bonds is 5. The summed E-state index contributed by atoms with van der Waals surface area (Å²) in [5.41, 5.74) is 1.25. The summed E-state index contributed by atoms with van der Waals surface area (Å²) in [7, 11) is 0. The molecule has 1 saturated heterocycles. The molecule has 2 N–H and O–H groups in total. The zero-order valence-electron chi connectivity index (χ0n) is 16.0. The van der Waals surface area contributed by atoms with Gasteiger partial charge in [-0.25, -0.2) is 0 Å². The van der Waals surface area contributed by atoms with Crippen LogP contribution in [-0.4, -0.2) is 60.3 Å². The molecule has 2 aliphatic heterocycles. The van der Waals surface area contributed by atoms with Gasteiger partial charge in [0.05, 0.1) is 13.2 Å². The topological polar surface area (TPSA) is 119 Å². The largest absolute Gasteiger partial charge is 0.454 e. The van der Waals surface area contributed by atoms with E-state index in [-0.39, 0.29) is 25.8 Å². The van der Waals surface area contributed by atoms with Crippen molar-refractivity contribution in [2.45, 2.75) is 12.8 Å². The Morgan fingerprint density at radius 1 is 1.03 bits per heavy atom. The van der Waals surface area contributed by atoms with Crippen molar-refractivity contribution in [2.75, 3.05) is 26.5 Å². The van der Waals surface area contributed by atoms with Gasteiger partial charge < -0.3 is 29.7 Å². The van der Waals surface area contributed by atoms with Crippen molar-refractivity contribution < 1.29 is 28.6 Å². The van der Waals surface area contributed by atoms with Gasteiger partial charge in [0, 0.05) is 31.0 Å². The lowest BCUT2D eigenvalue weighted by atomic mass is 10.1. The van der Waals surface area contributed by atoms with Crippen LogP contribution in [0, 0.1) is 0 Å². The van der Waals surface area contributed by atoms with E-state index in [4.69, 9.17) is 14.2 Å². The number of nitrogens with zero attached hydrogens (tertiary/aromatic N) is 2. The Morgan fingerprint density at radius 3 is 2.63 bits per heavy atom. The molecule has 10 nitrogen and oxygen atoms in total. The van der Waals surface area contributed by atoms with Crippen LogP contribution in [0.25, 0.3) is 0 Å². The maximum atomic E-state index is 12.8. The van der Waals surface area contributed by atoms with E-state index < -0.39 is 18.0 Å². The summed E-state index contributed by atoms with van der Waals surface area (Å²) in [4.78, 5) is 42.3. The van der Waals surface area contributed by atoms with E-state index in [1.165, 1.54) is 4.90 Å². The third-order valence-corrected chi connectivity index (χ3v) is 4.72. The van der Waals surface area contributed by atoms with Crippen LogP contribution in [0.1, 0.15) is 15.9 Å². The molecule has 1 atom stereocenters. The van der Waals surface area contributed by atoms with Gasteiger partial charge in [-0.3, -0.25) is 19.4 Å². The minimum absolute atomic E-state index is 0.00218. The lowest BCUT2D eigenvalue weighted by Crippen LogP contribution is -2.47. The Morgan fingerprint density at radius 2 is 1.80 bits per heavy atom. The predicted octanol–water partition coefficient (Wildman–Crippen LogP) is 0.0414. The molecule has 1 unspecified atom stereocenters. The van der Waals surface area contributed by atoms with Gasteiger partial charge in [-0.05, 0) is 35.9 Å². The summed E-state index contributed by atoms with van der Waals surface area (Å²) in [5.74, 6) is -0.719. The van der Waals surface area contributed by atoms with Crippen LogP contribution in [0.3, 0.4) is 0 Å². The van der Waals surface area contributed by atoms with Crippen LogP contribution in [0.4, 0.5) is 0 Å². The van der Waals surface area contributed by atoms with Crippen LogP contribution >= 0.6 is 0 Å². The summed E-state index contributed by atoms with van der Waals surface area (Å²) in [5, 5.41) is 5.04. The molecular weight excluding hydrogens is 392 g/mol. The van der Waals surface area contributed by atoms with E-state index >= 15 is 0 Å². The number of pyridine rings is 1. The summed E-state index contributed by atoms with van der Waals surface area (Å²) in [6, 6.07) is 8.42. The van der Waals surface area contributed by atoms with Crippen LogP contribution < -0.4 is 20.1 Å². The Labute approximate surface area is 172 Å². The second-order valence-corrected chi connectivity index (χ2v) is 6.64. The zero-order chi connectivity index (χ0) is 20.9. The Bertz CT molecular complexity index is 952. The van der Waals surface area contributed by atoms with Gasteiger partial charge in [0.1, 0.15) is 6.23 Å². The second-order valence-electron chi connectivity index (χ2n) is 6.64. The van der Waals surface area contributed by atoms with Crippen molar-refractivity contribution in [2.24, 2.45) is 0 Å². The molecular formula is C20H20N4O6. The van der Waals surface area contributed by atoms with Gasteiger partial charge in [-0.2, -0.15) is 0 Å². The molecule has 0 saturated carbocycles. The standard InChI is InChI=1S/C20H20N4O6/c25-18(22-10-13-3-5-21-6-4-13)19(26)23-11-17-24(7-8-28-17)20(27)14-1-2-15-16(9-14)30-12-29-15/h1-6,9,17H,7-8,10-12H2,(H,22,25)(H,23,26). The molecule has 4 rings (SSSR count). The Balaban J connectivity index is 1.30. The number of aromatic nitrogens is 1. The molecule has 0 spiro atoms. The summed E-state index contributed by atoms with van der Waals surface area (Å²) in [6.45, 7) is 1.05. The SMILES string of the molecule is O=C(NCc1ccncc1)C(=O)NCC1OCCN1C(=O)c1ccc2c(c1)OCO2. The van der Waals surface area contributed by atoms with Gasteiger partial charge in [0.2, 0.25) is 6.79 Å². The number of ether oxygens (including phenoxy) is 3. The fourth-order valence-corrected chi connectivity index (χ4v) is 3.14. The van der Waals surface area contributed by atoms with Crippen molar-refractivity contribution in [3.8, 4) is 11.5 Å². The quantitative estimate of drug-likeness (QED) is 0.666. The number of hydrogen-bond donors (Lipinski definition) is 2. The van der Waals surface area contributed by atoms with E-state index in [0.29, 0.717) is 30.2 Å². The van der Waals surface area contributed by atoms with Gasteiger partial charge in [0.15, 0.2) is 11.5 Å². The van der Waals surface area contributed by atoms with E-state index in [9.17, 15) is 14.4 Å². The molecule has 2 aliphatic rings. The van der Waals surface area contributed by atoms with Crippen molar-refractivity contribution in [1.82, 2.24) is 20.5 Å². The molecule has 0 aliphatic carbocycles. The maximum absolute atomic E-state index is 12.8. The Hall–Kier alpha value is -3.66. The third-order valence-electron chi connectivity index (χ3n) is 4.72. The van der Waals surface area contributed by atoms with E-state index in [2.05, 4.69) is 15.6 Å². The van der Waals surface area contributed by atoms with E-state index in [1.807, 2.05) is 0 Å². The van der Waals surface area contributed by atoms with Crippen LogP contribution in [0.15, 0.2) is 42.7 Å². The first-order valence-corrected chi connectivity index (χ1v) is 9.39. The molecule has 1 fully saturated rings. The van der Waals surface area contributed by atoms with Gasteiger partial charge in [0.25, 0.3) is 5.91 Å². The molecule has 2 aromatic rings. The summed E-state index contributed by atoms with van der Waals surface area (Å²) >= 11 is 0. The smallest absolute Gasteiger partial charge is 0.309 e. The zero-order valence-corrected chi connectivity index (χ0v) is 16.0. The molecule has 30 heavy (non-hydrogen) atoms. The molecule has 156 valence electrons. The van der Waals surface area contributed by atoms with Gasteiger partial charge >= 0.3 is 11.8 Å². The highest BCUT2D eigenvalue weighted by atomic mass is 16.7. The number of nitrogens with one attached hydrogen (secondary N) is 2. The first kappa shape index (κ1) is 19.6. The third kappa shape index (κ3) is 4.33. The number of hydrogen-bond acceptors (Lipinski definition) is 7. The maximum Gasteiger partial charge on any atom is 0.309 e. The highest BCUT2D eigenvalue weighted by Crippen LogP contribution is 2.33. The molecule has 0 radical (unpaired) electrons. The van der Waals surface area contributed by atoms with Crippen molar-refractivity contribution in [3.63, 3.8) is 0 Å². The van der Waals surface area contributed by atoms with Crippen LogP contribution in [-0.2, 0) is 20.9 Å². The summed E-state index contributed by atoms with van der Waals surface area (Å²) < 4.78 is 16.1. The van der Waals surface area contributed by atoms with E-state index in [1.54, 1.807) is 42.7 Å². The molecule has 1 aromatic carbocycles. The van der Waals surface area contributed by atoms with Crippen molar-refractivity contribution in [1.29, 1.82) is 0 Å². The number of amides is 3. The van der Waals surface area contributed by atoms with Gasteiger partial charge in [-0.15, -0.1) is 0 Å². The van der Waals surface area contributed by atoms with Gasteiger partial charge in [-0.1, -0.05) is 0 Å². The van der Waals surface area contributed by atoms with Crippen molar-refractivity contribution in [3.05, 3.63) is 53.9 Å². The number of carbonyl (C=O) groups is 3. The fraction of sp³-hybridized carbons (Fsp3) is 0.300. The predicted molar refractivity (Wildman–Crippen MR) is 102 cm³/mol. The number of benzene rings is 1.